The molecular formula is C34H37N3O3. The van der Waals surface area contributed by atoms with Gasteiger partial charge in [-0.05, 0) is 84.1 Å². The number of hydrogen-bond donors (Lipinski definition) is 0. The number of piperidine rings is 1. The van der Waals surface area contributed by atoms with Crippen molar-refractivity contribution in [2.24, 2.45) is 0 Å². The van der Waals surface area contributed by atoms with E-state index < -0.39 is 0 Å². The normalized spacial score (nSPS) is 14.9. The molecule has 0 bridgehead atoms. The molecule has 1 amide bonds. The Kier molecular flexibility index (Phi) is 8.46. The first-order valence-corrected chi connectivity index (χ1v) is 13.8. The van der Waals surface area contributed by atoms with E-state index in [1.54, 1.807) is 31.5 Å². The number of amides is 1. The summed E-state index contributed by atoms with van der Waals surface area (Å²) in [4.78, 5) is 21.4. The smallest absolute Gasteiger partial charge is 0.253 e. The van der Waals surface area contributed by atoms with Gasteiger partial charge >= 0.3 is 0 Å². The Morgan fingerprint density at radius 2 is 1.50 bits per heavy atom. The molecule has 206 valence electrons. The molecule has 0 unspecified atom stereocenters. The van der Waals surface area contributed by atoms with Gasteiger partial charge in [-0.15, -0.1) is 0 Å². The highest BCUT2D eigenvalue weighted by Gasteiger charge is 2.38. The highest BCUT2D eigenvalue weighted by Crippen LogP contribution is 2.41. The van der Waals surface area contributed by atoms with Crippen LogP contribution in [0.15, 0.2) is 97.3 Å². The molecule has 3 aromatic carbocycles. The third-order valence-electron chi connectivity index (χ3n) is 7.95. The molecular weight excluding hydrogens is 498 g/mol. The third kappa shape index (κ3) is 6.02. The van der Waals surface area contributed by atoms with Crippen LogP contribution in [0.5, 0.6) is 11.5 Å². The highest BCUT2D eigenvalue weighted by molar-refractivity contribution is 5.94. The quantitative estimate of drug-likeness (QED) is 0.265. The Morgan fingerprint density at radius 3 is 2.05 bits per heavy atom. The Hall–Kier alpha value is -4.16. The maximum Gasteiger partial charge on any atom is 0.253 e. The molecule has 1 aliphatic heterocycles. The molecule has 0 aliphatic carbocycles. The molecule has 1 aliphatic rings. The minimum absolute atomic E-state index is 0.00593. The number of methoxy groups -OCH3 is 2. The fraction of sp³-hybridized carbons (Fsp3) is 0.294. The largest absolute Gasteiger partial charge is 0.497 e. The van der Waals surface area contributed by atoms with Crippen LogP contribution in [0.1, 0.15) is 45.5 Å². The van der Waals surface area contributed by atoms with E-state index in [2.05, 4.69) is 70.5 Å². The van der Waals surface area contributed by atoms with Crippen LogP contribution in [-0.4, -0.2) is 55.0 Å². The monoisotopic (exact) mass is 535 g/mol. The average molecular weight is 536 g/mol. The molecule has 0 N–H and O–H groups in total. The molecule has 5 rings (SSSR count). The van der Waals surface area contributed by atoms with Gasteiger partial charge in [0.15, 0.2) is 0 Å². The maximum atomic E-state index is 13.0. The summed E-state index contributed by atoms with van der Waals surface area (Å²) >= 11 is 0. The maximum absolute atomic E-state index is 13.0. The lowest BCUT2D eigenvalue weighted by molar-refractivity contribution is 0.0785. The van der Waals surface area contributed by atoms with E-state index in [1.165, 1.54) is 16.7 Å². The van der Waals surface area contributed by atoms with E-state index in [0.717, 1.165) is 49.5 Å². The van der Waals surface area contributed by atoms with Gasteiger partial charge in [-0.25, -0.2) is 0 Å². The van der Waals surface area contributed by atoms with Crippen molar-refractivity contribution in [1.82, 2.24) is 14.8 Å². The van der Waals surface area contributed by atoms with E-state index in [-0.39, 0.29) is 11.3 Å². The number of benzene rings is 3. The SMILES string of the molecule is COc1ccc(C2(c3ccc(OC)cc3)CCCN(Cc3ccc(C(=O)N(C)Cc4cccnc4)cc3)C2)cc1. The Morgan fingerprint density at radius 1 is 0.875 bits per heavy atom. The number of ether oxygens (including phenoxy) is 2. The molecule has 6 heteroatoms. The average Bonchev–Trinajstić information content (AvgIpc) is 3.01. The van der Waals surface area contributed by atoms with Gasteiger partial charge in [-0.1, -0.05) is 42.5 Å². The number of carbonyl (C=O) groups excluding carboxylic acids is 1. The molecule has 0 radical (unpaired) electrons. The molecule has 1 saturated heterocycles. The number of carbonyl (C=O) groups is 1. The first-order valence-electron chi connectivity index (χ1n) is 13.8. The number of aromatic nitrogens is 1. The van der Waals surface area contributed by atoms with Crippen molar-refractivity contribution in [2.45, 2.75) is 31.3 Å². The van der Waals surface area contributed by atoms with Gasteiger partial charge in [0.05, 0.1) is 14.2 Å². The lowest BCUT2D eigenvalue weighted by Crippen LogP contribution is -2.46. The fourth-order valence-electron chi connectivity index (χ4n) is 5.81. The number of likely N-dealkylation sites (tertiary alicyclic amines) is 1. The van der Waals surface area contributed by atoms with Gasteiger partial charge in [0, 0.05) is 50.1 Å². The van der Waals surface area contributed by atoms with E-state index in [1.807, 2.05) is 31.3 Å². The summed E-state index contributed by atoms with van der Waals surface area (Å²) in [5.41, 5.74) is 5.35. The summed E-state index contributed by atoms with van der Waals surface area (Å²) in [7, 11) is 5.23. The minimum atomic E-state index is -0.137. The van der Waals surface area contributed by atoms with Crippen LogP contribution in [0, 0.1) is 0 Å². The van der Waals surface area contributed by atoms with Crippen molar-refractivity contribution < 1.29 is 14.3 Å². The highest BCUT2D eigenvalue weighted by atomic mass is 16.5. The van der Waals surface area contributed by atoms with Gasteiger partial charge in [0.25, 0.3) is 5.91 Å². The van der Waals surface area contributed by atoms with Crippen LogP contribution in [0.25, 0.3) is 0 Å². The number of pyridine rings is 1. The Labute approximate surface area is 237 Å². The van der Waals surface area contributed by atoms with E-state index in [4.69, 9.17) is 9.47 Å². The third-order valence-corrected chi connectivity index (χ3v) is 7.95. The lowest BCUT2D eigenvalue weighted by Gasteiger charge is -2.44. The van der Waals surface area contributed by atoms with Crippen molar-refractivity contribution >= 4 is 5.91 Å². The lowest BCUT2D eigenvalue weighted by atomic mass is 9.69. The molecule has 0 spiro atoms. The minimum Gasteiger partial charge on any atom is -0.497 e. The fourth-order valence-corrected chi connectivity index (χ4v) is 5.81. The van der Waals surface area contributed by atoms with Crippen LogP contribution in [0.2, 0.25) is 0 Å². The zero-order chi connectivity index (χ0) is 28.0. The molecule has 1 aromatic heterocycles. The molecule has 4 aromatic rings. The summed E-state index contributed by atoms with van der Waals surface area (Å²) in [6.07, 6.45) is 5.69. The zero-order valence-electron chi connectivity index (χ0n) is 23.5. The molecule has 0 saturated carbocycles. The topological polar surface area (TPSA) is 54.9 Å². The molecule has 0 atom stereocenters. The number of nitrogens with zero attached hydrogens (tertiary/aromatic N) is 3. The summed E-state index contributed by atoms with van der Waals surface area (Å²) < 4.78 is 10.9. The van der Waals surface area contributed by atoms with Gasteiger partial charge < -0.3 is 14.4 Å². The van der Waals surface area contributed by atoms with E-state index in [9.17, 15) is 4.79 Å². The van der Waals surface area contributed by atoms with Gasteiger partial charge in [0.2, 0.25) is 0 Å². The predicted octanol–water partition coefficient (Wildman–Crippen LogP) is 5.95. The van der Waals surface area contributed by atoms with Crippen LogP contribution >= 0.6 is 0 Å². The number of hydrogen-bond acceptors (Lipinski definition) is 5. The number of rotatable bonds is 9. The van der Waals surface area contributed by atoms with Gasteiger partial charge in [0.1, 0.15) is 11.5 Å². The van der Waals surface area contributed by atoms with E-state index in [0.29, 0.717) is 12.1 Å². The Bertz CT molecular complexity index is 1340. The second-order valence-electron chi connectivity index (χ2n) is 10.6. The van der Waals surface area contributed by atoms with Crippen LogP contribution < -0.4 is 9.47 Å². The summed E-state index contributed by atoms with van der Waals surface area (Å²) in [6, 6.07) is 29.0. The van der Waals surface area contributed by atoms with Crippen molar-refractivity contribution in [2.75, 3.05) is 34.4 Å². The van der Waals surface area contributed by atoms with Crippen molar-refractivity contribution in [3.05, 3.63) is 125 Å². The van der Waals surface area contributed by atoms with E-state index >= 15 is 0 Å². The zero-order valence-corrected chi connectivity index (χ0v) is 23.5. The van der Waals surface area contributed by atoms with Crippen molar-refractivity contribution in [3.63, 3.8) is 0 Å². The first-order chi connectivity index (χ1) is 19.5. The molecule has 2 heterocycles. The molecule has 1 fully saturated rings. The molecule has 40 heavy (non-hydrogen) atoms. The standard InChI is InChI=1S/C34H37N3O3/c1-36(23-27-6-4-20-35-22-27)33(38)28-9-7-26(8-10-28)24-37-21-5-19-34(25-37,29-11-15-31(39-2)16-12-29)30-13-17-32(40-3)18-14-30/h4,6-18,20,22H,5,19,21,23-25H2,1-3H3. The van der Waals surface area contributed by atoms with Crippen LogP contribution in [0.4, 0.5) is 0 Å². The summed E-state index contributed by atoms with van der Waals surface area (Å²) in [6.45, 7) is 3.29. The second-order valence-corrected chi connectivity index (χ2v) is 10.6. The van der Waals surface area contributed by atoms with Crippen LogP contribution in [0.3, 0.4) is 0 Å². The first kappa shape index (κ1) is 27.4. The van der Waals surface area contributed by atoms with Crippen LogP contribution in [-0.2, 0) is 18.5 Å². The summed E-state index contributed by atoms with van der Waals surface area (Å²) in [5.74, 6) is 1.73. The predicted molar refractivity (Wildman–Crippen MR) is 158 cm³/mol. The van der Waals surface area contributed by atoms with Gasteiger partial charge in [-0.2, -0.15) is 0 Å². The van der Waals surface area contributed by atoms with Crippen molar-refractivity contribution in [1.29, 1.82) is 0 Å². The second kappa shape index (κ2) is 12.3. The van der Waals surface area contributed by atoms with Crippen molar-refractivity contribution in [3.8, 4) is 11.5 Å². The molecule has 6 nitrogen and oxygen atoms in total. The summed E-state index contributed by atoms with van der Waals surface area (Å²) in [5, 5.41) is 0. The van der Waals surface area contributed by atoms with Gasteiger partial charge in [-0.3, -0.25) is 14.7 Å². The Balaban J connectivity index is 1.33.